The molecule has 1 unspecified atom stereocenters. The van der Waals surface area contributed by atoms with Gasteiger partial charge in [0.25, 0.3) is 0 Å². The summed E-state index contributed by atoms with van der Waals surface area (Å²) in [5.74, 6) is 0. The minimum absolute atomic E-state index is 0.0194. The van der Waals surface area contributed by atoms with E-state index in [0.717, 1.165) is 19.3 Å². The molecule has 0 aromatic heterocycles. The van der Waals surface area contributed by atoms with Gasteiger partial charge in [0.15, 0.2) is 0 Å². The predicted octanol–water partition coefficient (Wildman–Crippen LogP) is 2.94. The molecule has 0 N–H and O–H groups in total. The summed E-state index contributed by atoms with van der Waals surface area (Å²) in [5, 5.41) is 0. The number of rotatable bonds is 6. The smallest absolute Gasteiger partial charge is 0.435 e. The van der Waals surface area contributed by atoms with Crippen LogP contribution in [-0.2, 0) is 9.47 Å². The second-order valence-corrected chi connectivity index (χ2v) is 2.86. The van der Waals surface area contributed by atoms with Gasteiger partial charge in [0, 0.05) is 0 Å². The van der Waals surface area contributed by atoms with Crippen molar-refractivity contribution < 1.29 is 14.3 Å². The van der Waals surface area contributed by atoms with Crippen LogP contribution in [0.25, 0.3) is 0 Å². The molecule has 0 heterocycles. The number of hydrogen-bond donors (Lipinski definition) is 0. The average Bonchev–Trinajstić information content (AvgIpc) is 2.05. The summed E-state index contributed by atoms with van der Waals surface area (Å²) in [5.41, 5.74) is 0. The lowest BCUT2D eigenvalue weighted by Crippen LogP contribution is -2.18. The maximum atomic E-state index is 10.9. The van der Waals surface area contributed by atoms with Crippen molar-refractivity contribution in [2.75, 3.05) is 6.61 Å². The largest absolute Gasteiger partial charge is 0.508 e. The molecule has 0 aliphatic heterocycles. The average molecular weight is 187 g/mol. The fraction of sp³-hybridized carbons (Fsp3) is 0.800. The fourth-order valence-corrected chi connectivity index (χ4v) is 1.10. The number of ether oxygens (including phenoxy) is 2. The second kappa shape index (κ2) is 7.90. The lowest BCUT2D eigenvalue weighted by atomic mass is 10.1. The lowest BCUT2D eigenvalue weighted by Gasteiger charge is -2.15. The minimum Gasteiger partial charge on any atom is -0.435 e. The molecular weight excluding hydrogens is 168 g/mol. The Balaban J connectivity index is 3.71. The Hall–Kier alpha value is -0.730. The molecule has 0 spiro atoms. The molecule has 0 bridgehead atoms. The Morgan fingerprint density at radius 1 is 1.46 bits per heavy atom. The third kappa shape index (κ3) is 6.43. The van der Waals surface area contributed by atoms with Gasteiger partial charge in [-0.2, -0.15) is 0 Å². The van der Waals surface area contributed by atoms with Gasteiger partial charge in [-0.15, -0.1) is 0 Å². The van der Waals surface area contributed by atoms with Crippen LogP contribution < -0.4 is 0 Å². The number of carbonyl (C=O) groups is 1. The maximum Gasteiger partial charge on any atom is 0.508 e. The molecule has 0 aliphatic carbocycles. The van der Waals surface area contributed by atoms with Crippen LogP contribution in [0.3, 0.4) is 0 Å². The molecule has 0 saturated heterocycles. The van der Waals surface area contributed by atoms with Crippen LogP contribution in [0.2, 0.25) is 0 Å². The molecule has 0 saturated carbocycles. The third-order valence-corrected chi connectivity index (χ3v) is 1.63. The Kier molecular flexibility index (Phi) is 7.45. The van der Waals surface area contributed by atoms with Gasteiger partial charge >= 0.3 is 6.16 Å². The first-order valence-electron chi connectivity index (χ1n) is 4.85. The zero-order valence-electron chi connectivity index (χ0n) is 8.71. The lowest BCUT2D eigenvalue weighted by molar-refractivity contribution is 0.0232. The normalized spacial score (nSPS) is 10.2. The van der Waals surface area contributed by atoms with E-state index >= 15 is 0 Å². The summed E-state index contributed by atoms with van der Waals surface area (Å²) in [4.78, 5) is 10.9. The molecule has 77 valence electrons. The third-order valence-electron chi connectivity index (χ3n) is 1.63. The van der Waals surface area contributed by atoms with Crippen LogP contribution in [-0.4, -0.2) is 18.9 Å². The van der Waals surface area contributed by atoms with Gasteiger partial charge in [0.1, 0.15) is 6.10 Å². The first-order valence-corrected chi connectivity index (χ1v) is 4.85. The van der Waals surface area contributed by atoms with Crippen LogP contribution in [0.15, 0.2) is 0 Å². The summed E-state index contributed by atoms with van der Waals surface area (Å²) in [6.07, 6.45) is 4.13. The summed E-state index contributed by atoms with van der Waals surface area (Å²) in [7, 11) is 0. The van der Waals surface area contributed by atoms with Gasteiger partial charge < -0.3 is 9.47 Å². The Bertz CT molecular complexity index is 128. The molecule has 0 aliphatic rings. The monoisotopic (exact) mass is 187 g/mol. The molecule has 13 heavy (non-hydrogen) atoms. The highest BCUT2D eigenvalue weighted by atomic mass is 16.7. The Morgan fingerprint density at radius 2 is 2.15 bits per heavy atom. The summed E-state index contributed by atoms with van der Waals surface area (Å²) >= 11 is 0. The van der Waals surface area contributed by atoms with Gasteiger partial charge in [0.2, 0.25) is 0 Å². The van der Waals surface area contributed by atoms with Gasteiger partial charge in [-0.1, -0.05) is 20.3 Å². The van der Waals surface area contributed by atoms with Crippen LogP contribution in [0, 0.1) is 6.42 Å². The van der Waals surface area contributed by atoms with E-state index < -0.39 is 6.16 Å². The van der Waals surface area contributed by atoms with Gasteiger partial charge in [-0.3, -0.25) is 0 Å². The number of hydrogen-bond acceptors (Lipinski definition) is 3. The molecule has 0 rings (SSSR count). The SMILES string of the molecule is C[CH]CC(CCC)OC(=O)OCC. The number of carbonyl (C=O) groups excluding carboxylic acids is 1. The van der Waals surface area contributed by atoms with E-state index in [2.05, 4.69) is 11.7 Å². The van der Waals surface area contributed by atoms with Crippen LogP contribution in [0.5, 0.6) is 0 Å². The van der Waals surface area contributed by atoms with E-state index in [1.807, 2.05) is 13.3 Å². The van der Waals surface area contributed by atoms with E-state index in [0.29, 0.717) is 6.61 Å². The van der Waals surface area contributed by atoms with Crippen molar-refractivity contribution in [3.05, 3.63) is 6.42 Å². The van der Waals surface area contributed by atoms with Crippen molar-refractivity contribution in [2.45, 2.75) is 46.1 Å². The molecule has 0 amide bonds. The van der Waals surface area contributed by atoms with Crippen molar-refractivity contribution in [2.24, 2.45) is 0 Å². The molecule has 0 aromatic rings. The Morgan fingerprint density at radius 3 is 2.62 bits per heavy atom. The zero-order chi connectivity index (χ0) is 10.1. The molecule has 1 radical (unpaired) electrons. The van der Waals surface area contributed by atoms with E-state index in [1.165, 1.54) is 0 Å². The second-order valence-electron chi connectivity index (χ2n) is 2.86. The highest BCUT2D eigenvalue weighted by molar-refractivity contribution is 5.60. The quantitative estimate of drug-likeness (QED) is 0.600. The Labute approximate surface area is 80.4 Å². The van der Waals surface area contributed by atoms with Crippen LogP contribution in [0.4, 0.5) is 4.79 Å². The highest BCUT2D eigenvalue weighted by Crippen LogP contribution is 2.09. The molecule has 3 nitrogen and oxygen atoms in total. The summed E-state index contributed by atoms with van der Waals surface area (Å²) < 4.78 is 9.77. The minimum atomic E-state index is -0.553. The van der Waals surface area contributed by atoms with Crippen LogP contribution >= 0.6 is 0 Å². The van der Waals surface area contributed by atoms with Crippen molar-refractivity contribution in [1.82, 2.24) is 0 Å². The van der Waals surface area contributed by atoms with Gasteiger partial charge in [0.05, 0.1) is 6.61 Å². The van der Waals surface area contributed by atoms with Crippen LogP contribution in [0.1, 0.15) is 40.0 Å². The fourth-order valence-electron chi connectivity index (χ4n) is 1.10. The van der Waals surface area contributed by atoms with E-state index in [4.69, 9.17) is 4.74 Å². The molecule has 0 aromatic carbocycles. The van der Waals surface area contributed by atoms with Crippen molar-refractivity contribution in [3.8, 4) is 0 Å². The highest BCUT2D eigenvalue weighted by Gasteiger charge is 2.12. The van der Waals surface area contributed by atoms with E-state index in [-0.39, 0.29) is 6.10 Å². The maximum absolute atomic E-state index is 10.9. The molecule has 1 atom stereocenters. The molecular formula is C10H19O3. The summed E-state index contributed by atoms with van der Waals surface area (Å²) in [6.45, 7) is 6.16. The molecule has 0 fully saturated rings. The van der Waals surface area contributed by atoms with E-state index in [9.17, 15) is 4.79 Å². The van der Waals surface area contributed by atoms with E-state index in [1.54, 1.807) is 6.92 Å². The predicted molar refractivity (Wildman–Crippen MR) is 51.4 cm³/mol. The molecule has 3 heteroatoms. The first kappa shape index (κ1) is 12.3. The van der Waals surface area contributed by atoms with Crippen molar-refractivity contribution in [3.63, 3.8) is 0 Å². The van der Waals surface area contributed by atoms with Gasteiger partial charge in [-0.05, 0) is 26.2 Å². The van der Waals surface area contributed by atoms with Crippen molar-refractivity contribution in [1.29, 1.82) is 0 Å². The standard InChI is InChI=1S/C10H19O3/c1-4-7-9(8-5-2)13-10(11)12-6-3/h4,9H,5-8H2,1-3H3. The topological polar surface area (TPSA) is 35.5 Å². The zero-order valence-corrected chi connectivity index (χ0v) is 8.71. The van der Waals surface area contributed by atoms with Crippen molar-refractivity contribution >= 4 is 6.16 Å². The summed E-state index contributed by atoms with van der Waals surface area (Å²) in [6, 6.07) is 0. The first-order chi connectivity index (χ1) is 6.24. The van der Waals surface area contributed by atoms with Gasteiger partial charge in [-0.25, -0.2) is 4.79 Å².